The van der Waals surface area contributed by atoms with E-state index < -0.39 is 0 Å². The molecule has 0 unspecified atom stereocenters. The lowest BCUT2D eigenvalue weighted by molar-refractivity contribution is 1.07. The molecule has 12 aromatic rings. The third-order valence-electron chi connectivity index (χ3n) is 12.0. The van der Waals surface area contributed by atoms with Crippen molar-refractivity contribution < 1.29 is 0 Å². The molecule has 290 valence electrons. The van der Waals surface area contributed by atoms with E-state index >= 15 is 0 Å². The van der Waals surface area contributed by atoms with Crippen LogP contribution in [-0.4, -0.2) is 24.1 Å². The van der Waals surface area contributed by atoms with Crippen molar-refractivity contribution in [1.82, 2.24) is 24.1 Å². The first-order chi connectivity index (χ1) is 30.7. The van der Waals surface area contributed by atoms with Crippen LogP contribution in [-0.2, 0) is 0 Å². The van der Waals surface area contributed by atoms with Crippen LogP contribution in [0, 0.1) is 0 Å². The zero-order valence-corrected chi connectivity index (χ0v) is 33.6. The third kappa shape index (κ3) is 5.98. The van der Waals surface area contributed by atoms with E-state index in [0.29, 0.717) is 17.5 Å². The predicted molar refractivity (Wildman–Crippen MR) is 256 cm³/mol. The molecule has 0 atom stereocenters. The molecule has 0 spiro atoms. The summed E-state index contributed by atoms with van der Waals surface area (Å²) < 4.78 is 4.81. The van der Waals surface area contributed by atoms with Crippen LogP contribution < -0.4 is 0 Å². The zero-order valence-electron chi connectivity index (χ0n) is 33.6. The van der Waals surface area contributed by atoms with E-state index in [-0.39, 0.29) is 0 Å². The Bertz CT molecular complexity index is 3510. The number of para-hydroxylation sites is 3. The van der Waals surface area contributed by atoms with Gasteiger partial charge < -0.3 is 9.13 Å². The molecule has 12 rings (SSSR count). The fraction of sp³-hybridized carbons (Fsp3) is 0. The maximum Gasteiger partial charge on any atom is 0.164 e. The largest absolute Gasteiger partial charge is 0.309 e. The van der Waals surface area contributed by atoms with Crippen molar-refractivity contribution in [2.24, 2.45) is 0 Å². The number of hydrogen-bond donors (Lipinski definition) is 0. The van der Waals surface area contributed by atoms with E-state index in [1.807, 2.05) is 12.1 Å². The van der Waals surface area contributed by atoms with E-state index in [9.17, 15) is 0 Å². The van der Waals surface area contributed by atoms with Crippen molar-refractivity contribution in [2.75, 3.05) is 0 Å². The highest BCUT2D eigenvalue weighted by Crippen LogP contribution is 2.42. The summed E-state index contributed by atoms with van der Waals surface area (Å²) >= 11 is 0. The van der Waals surface area contributed by atoms with Gasteiger partial charge in [-0.3, -0.25) is 0 Å². The van der Waals surface area contributed by atoms with Crippen LogP contribution in [0.5, 0.6) is 0 Å². The SMILES string of the molecule is c1ccc(-c2cccc(-c3nc(-c4ccc(-n5c6ccccc6c6c5ccc5c7ccccc7n(-c7ccccc7)c56)cc4)nc(-c4cccc(-c5ccccc5)c4)n3)c2)cc1. The Morgan fingerprint density at radius 2 is 0.710 bits per heavy atom. The molecule has 0 radical (unpaired) electrons. The van der Waals surface area contributed by atoms with Crippen LogP contribution in [0.1, 0.15) is 0 Å². The van der Waals surface area contributed by atoms with E-state index in [0.717, 1.165) is 61.4 Å². The van der Waals surface area contributed by atoms with Gasteiger partial charge in [0, 0.05) is 49.6 Å². The summed E-state index contributed by atoms with van der Waals surface area (Å²) in [4.78, 5) is 15.5. The second kappa shape index (κ2) is 14.7. The Morgan fingerprint density at radius 1 is 0.258 bits per heavy atom. The molecule has 9 aromatic carbocycles. The molecule has 5 nitrogen and oxygen atoms in total. The van der Waals surface area contributed by atoms with Gasteiger partial charge in [-0.25, -0.2) is 15.0 Å². The highest BCUT2D eigenvalue weighted by atomic mass is 15.0. The Hall–Kier alpha value is -8.41. The molecule has 0 amide bonds. The number of nitrogens with zero attached hydrogens (tertiary/aromatic N) is 5. The van der Waals surface area contributed by atoms with Crippen LogP contribution in [0.4, 0.5) is 0 Å². The Morgan fingerprint density at radius 3 is 1.31 bits per heavy atom. The molecule has 0 saturated heterocycles. The van der Waals surface area contributed by atoms with Gasteiger partial charge in [-0.15, -0.1) is 0 Å². The minimum absolute atomic E-state index is 0.614. The van der Waals surface area contributed by atoms with Crippen molar-refractivity contribution in [3.05, 3.63) is 224 Å². The molecule has 0 aliphatic rings. The summed E-state index contributed by atoms with van der Waals surface area (Å²) in [5.74, 6) is 1.86. The second-order valence-electron chi connectivity index (χ2n) is 15.6. The highest BCUT2D eigenvalue weighted by molar-refractivity contribution is 6.26. The quantitative estimate of drug-likeness (QED) is 0.162. The van der Waals surface area contributed by atoms with Crippen LogP contribution in [0.3, 0.4) is 0 Å². The lowest BCUT2D eigenvalue weighted by Crippen LogP contribution is -2.01. The van der Waals surface area contributed by atoms with Gasteiger partial charge in [-0.1, -0.05) is 158 Å². The number of rotatable bonds is 7. The van der Waals surface area contributed by atoms with E-state index in [1.54, 1.807) is 0 Å². The van der Waals surface area contributed by atoms with Crippen molar-refractivity contribution in [2.45, 2.75) is 0 Å². The summed E-state index contributed by atoms with van der Waals surface area (Å²) in [6, 6.07) is 79.1. The van der Waals surface area contributed by atoms with Crippen LogP contribution >= 0.6 is 0 Å². The normalized spacial score (nSPS) is 11.5. The van der Waals surface area contributed by atoms with Gasteiger partial charge in [-0.05, 0) is 89.0 Å². The number of aromatic nitrogens is 5. The molecule has 0 aliphatic heterocycles. The molecule has 0 saturated carbocycles. The Labute approximate surface area is 358 Å². The molecule has 0 bridgehead atoms. The lowest BCUT2D eigenvalue weighted by Gasteiger charge is -2.12. The number of fused-ring (bicyclic) bond motifs is 7. The first kappa shape index (κ1) is 35.5. The van der Waals surface area contributed by atoms with Gasteiger partial charge in [0.25, 0.3) is 0 Å². The van der Waals surface area contributed by atoms with Crippen LogP contribution in [0.2, 0.25) is 0 Å². The molecule has 0 N–H and O–H groups in total. The second-order valence-corrected chi connectivity index (χ2v) is 15.6. The molecular weight excluding hydrogens is 755 g/mol. The van der Waals surface area contributed by atoms with Crippen molar-refractivity contribution >= 4 is 43.6 Å². The van der Waals surface area contributed by atoms with Gasteiger partial charge in [0.05, 0.1) is 22.1 Å². The van der Waals surface area contributed by atoms with Crippen LogP contribution in [0.15, 0.2) is 224 Å². The van der Waals surface area contributed by atoms with Gasteiger partial charge in [-0.2, -0.15) is 0 Å². The first-order valence-electron chi connectivity index (χ1n) is 20.9. The van der Waals surface area contributed by atoms with E-state index in [1.165, 1.54) is 32.6 Å². The van der Waals surface area contributed by atoms with Crippen molar-refractivity contribution in [3.63, 3.8) is 0 Å². The molecule has 5 heteroatoms. The fourth-order valence-electron chi connectivity index (χ4n) is 9.09. The molecule has 0 fully saturated rings. The predicted octanol–water partition coefficient (Wildman–Crippen LogP) is 14.4. The minimum Gasteiger partial charge on any atom is -0.309 e. The maximum absolute atomic E-state index is 5.17. The average Bonchev–Trinajstić information content (AvgIpc) is 3.88. The Kier molecular flexibility index (Phi) is 8.42. The lowest BCUT2D eigenvalue weighted by atomic mass is 10.0. The number of hydrogen-bond acceptors (Lipinski definition) is 3. The number of benzene rings is 9. The van der Waals surface area contributed by atoms with Gasteiger partial charge in [0.2, 0.25) is 0 Å². The molecule has 3 aromatic heterocycles. The molecule has 3 heterocycles. The standard InChI is InChI=1S/C57H37N5/c1-4-16-38(17-5-1)41-20-14-22-43(36-41)56-58-55(59-57(60-56)44-23-15-21-42(37-44)39-18-6-2-7-19-39)40-30-32-46(33-31-40)61-51-29-13-11-27-49(51)53-52(61)35-34-48-47-26-10-12-28-50(47)62(54(48)53)45-24-8-3-9-25-45/h1-37H. The molecule has 0 aliphatic carbocycles. The minimum atomic E-state index is 0.614. The van der Waals surface area contributed by atoms with E-state index in [2.05, 4.69) is 221 Å². The molecular formula is C57H37N5. The summed E-state index contributed by atoms with van der Waals surface area (Å²) in [5, 5.41) is 4.91. The van der Waals surface area contributed by atoms with Crippen LogP contribution in [0.25, 0.3) is 111 Å². The summed E-state index contributed by atoms with van der Waals surface area (Å²) in [6.45, 7) is 0. The monoisotopic (exact) mass is 791 g/mol. The van der Waals surface area contributed by atoms with Gasteiger partial charge in [0.15, 0.2) is 17.5 Å². The zero-order chi connectivity index (χ0) is 41.0. The Balaban J connectivity index is 1.02. The van der Waals surface area contributed by atoms with E-state index in [4.69, 9.17) is 15.0 Å². The summed E-state index contributed by atoms with van der Waals surface area (Å²) in [6.07, 6.45) is 0. The van der Waals surface area contributed by atoms with Gasteiger partial charge >= 0.3 is 0 Å². The topological polar surface area (TPSA) is 48.5 Å². The average molecular weight is 792 g/mol. The maximum atomic E-state index is 5.17. The van der Waals surface area contributed by atoms with Gasteiger partial charge in [0.1, 0.15) is 0 Å². The summed E-state index contributed by atoms with van der Waals surface area (Å²) in [7, 11) is 0. The summed E-state index contributed by atoms with van der Waals surface area (Å²) in [5.41, 5.74) is 14.1. The highest BCUT2D eigenvalue weighted by Gasteiger charge is 2.21. The third-order valence-corrected chi connectivity index (χ3v) is 12.0. The fourth-order valence-corrected chi connectivity index (χ4v) is 9.09. The van der Waals surface area contributed by atoms with Crippen molar-refractivity contribution in [3.8, 4) is 67.8 Å². The smallest absolute Gasteiger partial charge is 0.164 e. The first-order valence-corrected chi connectivity index (χ1v) is 20.9. The van der Waals surface area contributed by atoms with Crippen molar-refractivity contribution in [1.29, 1.82) is 0 Å². The molecule has 62 heavy (non-hydrogen) atoms.